The van der Waals surface area contributed by atoms with Gasteiger partial charge in [0.2, 0.25) is 5.91 Å². The Kier molecular flexibility index (Phi) is 13.0. The van der Waals surface area contributed by atoms with E-state index in [-0.39, 0.29) is 24.4 Å². The minimum atomic E-state index is -0.692. The topological polar surface area (TPSA) is 87.7 Å². The van der Waals surface area contributed by atoms with Gasteiger partial charge in [0.05, 0.1) is 6.04 Å². The normalized spacial score (nSPS) is 17.4. The number of carbonyl (C=O) groups excluding carboxylic acids is 1. The highest BCUT2D eigenvalue weighted by Gasteiger charge is 2.16. The number of hydrogen-bond acceptors (Lipinski definition) is 4. The van der Waals surface area contributed by atoms with Gasteiger partial charge in [0, 0.05) is 29.8 Å². The molecule has 0 radical (unpaired) electrons. The first-order valence-corrected chi connectivity index (χ1v) is 9.92. The molecule has 154 valence electrons. The van der Waals surface area contributed by atoms with E-state index in [9.17, 15) is 9.90 Å². The van der Waals surface area contributed by atoms with Crippen molar-refractivity contribution in [2.75, 3.05) is 6.54 Å². The maximum atomic E-state index is 11.8. The van der Waals surface area contributed by atoms with Crippen molar-refractivity contribution < 1.29 is 9.90 Å². The van der Waals surface area contributed by atoms with Crippen molar-refractivity contribution in [3.63, 3.8) is 0 Å². The number of allylic oxidation sites excluding steroid dienone is 4. The molecule has 0 saturated carbocycles. The Morgan fingerprint density at radius 3 is 2.44 bits per heavy atom. The molecule has 0 rings (SSSR count). The summed E-state index contributed by atoms with van der Waals surface area (Å²) < 4.78 is 0. The lowest BCUT2D eigenvalue weighted by Crippen LogP contribution is -2.37. The van der Waals surface area contributed by atoms with Crippen molar-refractivity contribution in [1.82, 2.24) is 5.32 Å². The lowest BCUT2D eigenvalue weighted by Gasteiger charge is -2.19. The first-order chi connectivity index (χ1) is 12.6. The number of aliphatic hydroxyl groups excluding tert-OH is 1. The predicted octanol–water partition coefficient (Wildman–Crippen LogP) is 3.93. The molecular weight excluding hydrogens is 362 g/mol. The molecule has 0 aromatic rings. The summed E-state index contributed by atoms with van der Waals surface area (Å²) in [7, 11) is 0. The van der Waals surface area contributed by atoms with E-state index in [0.29, 0.717) is 17.0 Å². The number of amides is 1. The third kappa shape index (κ3) is 11.1. The van der Waals surface area contributed by atoms with Crippen molar-refractivity contribution in [2.24, 2.45) is 22.6 Å². The molecule has 3 atom stereocenters. The summed E-state index contributed by atoms with van der Waals surface area (Å²) in [6.07, 6.45) is 8.33. The van der Waals surface area contributed by atoms with Gasteiger partial charge >= 0.3 is 0 Å². The quantitative estimate of drug-likeness (QED) is 0.202. The van der Waals surface area contributed by atoms with E-state index in [1.165, 1.54) is 0 Å². The first kappa shape index (κ1) is 25.6. The molecular formula is C21H36ClN3O2. The molecule has 3 unspecified atom stereocenters. The number of primary amides is 1. The summed E-state index contributed by atoms with van der Waals surface area (Å²) in [4.78, 5) is 16.5. The van der Waals surface area contributed by atoms with E-state index in [2.05, 4.69) is 24.2 Å². The standard InChI is InChI=1S/C21H36ClN3O2/c1-7-16(6)19(24-10-9-15(5)11-18(22)8-2)12-17(20(23)26)13-25-21(27)14(3)4/h8,10-12,14,16,19,21,25,27H,7,9,13H2,1-6H3,(H2,23,26)/b15-11+,17-12?,18-8+,24-10+. The number of nitrogens with two attached hydrogens (primary N) is 1. The van der Waals surface area contributed by atoms with E-state index in [1.54, 1.807) is 0 Å². The molecule has 0 aliphatic carbocycles. The molecule has 0 aromatic carbocycles. The van der Waals surface area contributed by atoms with Crippen molar-refractivity contribution in [3.05, 3.63) is 34.4 Å². The fourth-order valence-corrected chi connectivity index (χ4v) is 2.36. The maximum absolute atomic E-state index is 11.8. The lowest BCUT2D eigenvalue weighted by molar-refractivity contribution is -0.114. The zero-order chi connectivity index (χ0) is 21.0. The van der Waals surface area contributed by atoms with Gasteiger partial charge in [0.1, 0.15) is 6.23 Å². The number of carbonyl (C=O) groups is 1. The van der Waals surface area contributed by atoms with Gasteiger partial charge in [0.15, 0.2) is 0 Å². The molecule has 0 aliphatic heterocycles. The Morgan fingerprint density at radius 1 is 1.33 bits per heavy atom. The van der Waals surface area contributed by atoms with Gasteiger partial charge in [-0.1, -0.05) is 57.4 Å². The van der Waals surface area contributed by atoms with E-state index in [1.807, 2.05) is 52.1 Å². The number of aliphatic imine (C=N–C) groups is 1. The summed E-state index contributed by atoms with van der Waals surface area (Å²) in [6, 6.07) is -0.152. The van der Waals surface area contributed by atoms with E-state index < -0.39 is 12.1 Å². The second-order valence-electron chi connectivity index (χ2n) is 7.20. The average Bonchev–Trinajstić information content (AvgIpc) is 2.61. The molecule has 6 heteroatoms. The second-order valence-corrected chi connectivity index (χ2v) is 7.64. The van der Waals surface area contributed by atoms with Crippen LogP contribution in [0.25, 0.3) is 0 Å². The third-order valence-electron chi connectivity index (χ3n) is 4.40. The Morgan fingerprint density at radius 2 is 1.96 bits per heavy atom. The Hall–Kier alpha value is -1.43. The molecule has 0 fully saturated rings. The molecule has 0 bridgehead atoms. The van der Waals surface area contributed by atoms with Gasteiger partial charge in [-0.25, -0.2) is 0 Å². The minimum Gasteiger partial charge on any atom is -0.378 e. The summed E-state index contributed by atoms with van der Waals surface area (Å²) in [5.74, 6) is -0.201. The maximum Gasteiger partial charge on any atom is 0.245 e. The van der Waals surface area contributed by atoms with Crippen LogP contribution < -0.4 is 11.1 Å². The van der Waals surface area contributed by atoms with Crippen molar-refractivity contribution in [2.45, 2.75) is 66.7 Å². The molecule has 0 spiro atoms. The highest BCUT2D eigenvalue weighted by Crippen LogP contribution is 2.16. The number of rotatable bonds is 12. The van der Waals surface area contributed by atoms with Crippen LogP contribution in [0.2, 0.25) is 0 Å². The Balaban J connectivity index is 5.28. The molecule has 1 amide bonds. The molecule has 0 saturated heterocycles. The Bertz CT molecular complexity index is 580. The van der Waals surface area contributed by atoms with Crippen molar-refractivity contribution in [3.8, 4) is 0 Å². The van der Waals surface area contributed by atoms with Crippen molar-refractivity contribution >= 4 is 23.7 Å². The molecule has 0 aliphatic rings. The summed E-state index contributed by atoms with van der Waals surface area (Å²) in [5.41, 5.74) is 7.06. The third-order valence-corrected chi connectivity index (χ3v) is 4.73. The number of halogens is 1. The fourth-order valence-electron chi connectivity index (χ4n) is 2.18. The van der Waals surface area contributed by atoms with Crippen LogP contribution in [0.15, 0.2) is 39.4 Å². The van der Waals surface area contributed by atoms with Gasteiger partial charge < -0.3 is 10.8 Å². The average molecular weight is 398 g/mol. The van der Waals surface area contributed by atoms with Crippen LogP contribution in [0.3, 0.4) is 0 Å². The van der Waals surface area contributed by atoms with Crippen molar-refractivity contribution in [1.29, 1.82) is 0 Å². The number of nitrogens with zero attached hydrogens (tertiary/aromatic N) is 1. The monoisotopic (exact) mass is 397 g/mol. The SMILES string of the molecule is C/C=C(Cl)\C=C(/C)C/C=N/C(C=C(CNC(O)C(C)C)C(N)=O)C(C)CC. The summed E-state index contributed by atoms with van der Waals surface area (Å²) in [5, 5.41) is 13.5. The first-order valence-electron chi connectivity index (χ1n) is 9.54. The molecule has 0 aromatic heterocycles. The largest absolute Gasteiger partial charge is 0.378 e. The van der Waals surface area contributed by atoms with Crippen LogP contribution in [-0.2, 0) is 4.79 Å². The molecule has 4 N–H and O–H groups in total. The van der Waals surface area contributed by atoms with Gasteiger partial charge in [-0.2, -0.15) is 0 Å². The molecule has 5 nitrogen and oxygen atoms in total. The van der Waals surface area contributed by atoms with Crippen LogP contribution in [-0.4, -0.2) is 36.0 Å². The van der Waals surface area contributed by atoms with Crippen LogP contribution >= 0.6 is 11.6 Å². The smallest absolute Gasteiger partial charge is 0.245 e. The van der Waals surface area contributed by atoms with Gasteiger partial charge in [-0.3, -0.25) is 15.1 Å². The molecule has 0 heterocycles. The van der Waals surface area contributed by atoms with Crippen LogP contribution in [0, 0.1) is 11.8 Å². The van der Waals surface area contributed by atoms with E-state index in [4.69, 9.17) is 17.3 Å². The van der Waals surface area contributed by atoms with Crippen LogP contribution in [0.4, 0.5) is 0 Å². The highest BCUT2D eigenvalue weighted by atomic mass is 35.5. The van der Waals surface area contributed by atoms with Crippen LogP contribution in [0.5, 0.6) is 0 Å². The predicted molar refractivity (Wildman–Crippen MR) is 116 cm³/mol. The highest BCUT2D eigenvalue weighted by molar-refractivity contribution is 6.31. The fraction of sp³-hybridized carbons (Fsp3) is 0.619. The molecule has 27 heavy (non-hydrogen) atoms. The van der Waals surface area contributed by atoms with E-state index in [0.717, 1.165) is 12.0 Å². The summed E-state index contributed by atoms with van der Waals surface area (Å²) >= 11 is 6.01. The van der Waals surface area contributed by atoms with Gasteiger partial charge in [0.25, 0.3) is 0 Å². The van der Waals surface area contributed by atoms with E-state index >= 15 is 0 Å². The summed E-state index contributed by atoms with van der Waals surface area (Å²) in [6.45, 7) is 12.1. The van der Waals surface area contributed by atoms with Gasteiger partial charge in [-0.05, 0) is 37.8 Å². The zero-order valence-corrected chi connectivity index (χ0v) is 18.3. The minimum absolute atomic E-state index is 0.0428. The van der Waals surface area contributed by atoms with Crippen LogP contribution in [0.1, 0.15) is 54.4 Å². The second kappa shape index (κ2) is 13.7. The van der Waals surface area contributed by atoms with Gasteiger partial charge in [-0.15, -0.1) is 0 Å². The number of aliphatic hydroxyl groups is 1. The number of hydrogen-bond donors (Lipinski definition) is 3. The lowest BCUT2D eigenvalue weighted by atomic mass is 9.97. The number of nitrogens with one attached hydrogen (secondary N) is 1. The Labute approximate surface area is 169 Å². The zero-order valence-electron chi connectivity index (χ0n) is 17.5.